The van der Waals surface area contributed by atoms with Crippen molar-refractivity contribution >= 4 is 34.5 Å². The number of nitrogens with zero attached hydrogens (tertiary/aromatic N) is 6. The van der Waals surface area contributed by atoms with Crippen molar-refractivity contribution in [3.05, 3.63) is 74.1 Å². The molecule has 0 spiro atoms. The third-order valence-electron chi connectivity index (χ3n) is 4.96. The highest BCUT2D eigenvalue weighted by Gasteiger charge is 2.14. The average molecular weight is 525 g/mol. The summed E-state index contributed by atoms with van der Waals surface area (Å²) in [6.45, 7) is 0.615. The van der Waals surface area contributed by atoms with E-state index in [-0.39, 0.29) is 18.4 Å². The number of amides is 2. The maximum Gasteiger partial charge on any atom is 0.282 e. The first-order chi connectivity index (χ1) is 17.6. The molecule has 2 N–H and O–H groups in total. The van der Waals surface area contributed by atoms with Gasteiger partial charge < -0.3 is 15.4 Å². The van der Waals surface area contributed by atoms with Crippen LogP contribution in [0.25, 0.3) is 0 Å². The Bertz CT molecular complexity index is 1300. The number of carbonyl (C=O) groups is 2. The summed E-state index contributed by atoms with van der Waals surface area (Å²) < 4.78 is 5.16. The summed E-state index contributed by atoms with van der Waals surface area (Å²) in [5.74, 6) is 0.137. The van der Waals surface area contributed by atoms with E-state index >= 15 is 0 Å². The first kappa shape index (κ1) is 25.3. The summed E-state index contributed by atoms with van der Waals surface area (Å²) in [5.41, 5.74) is 1.47. The van der Waals surface area contributed by atoms with Gasteiger partial charge in [-0.1, -0.05) is 28.7 Å². The summed E-state index contributed by atoms with van der Waals surface area (Å²) in [6.07, 6.45) is 6.44. The largest absolute Gasteiger partial charge is 0.497 e. The number of aryl methyl sites for hydroxylation is 2. The number of unbranched alkanes of at least 4 members (excludes halogenated alkanes) is 1. The van der Waals surface area contributed by atoms with E-state index in [0.717, 1.165) is 28.6 Å². The van der Waals surface area contributed by atoms with Crippen LogP contribution in [0.4, 0.5) is 0 Å². The molecule has 0 fully saturated rings. The van der Waals surface area contributed by atoms with Crippen LogP contribution in [0.2, 0.25) is 0 Å². The standard InChI is InChI=1S/C23H24N8O3S2/c1-34-17-9-11-25-16(12-17)14-27-21(33)23-31-29-19(36-23)8-3-2-7-18-28-30-22(35-18)20(32)26-13-15-6-4-5-10-24-15/h4-6,9-12H,2-3,7-8,13-14H2,1H3,(H,26,32)(H,27,33). The molecule has 4 aromatic heterocycles. The van der Waals surface area contributed by atoms with Gasteiger partial charge in [0.05, 0.1) is 31.6 Å². The van der Waals surface area contributed by atoms with Crippen molar-refractivity contribution < 1.29 is 14.3 Å². The molecule has 0 unspecified atom stereocenters. The van der Waals surface area contributed by atoms with Crippen LogP contribution in [-0.4, -0.2) is 49.3 Å². The van der Waals surface area contributed by atoms with Crippen molar-refractivity contribution in [2.45, 2.75) is 38.8 Å². The summed E-state index contributed by atoms with van der Waals surface area (Å²) in [5, 5.41) is 24.1. The van der Waals surface area contributed by atoms with E-state index in [0.29, 0.717) is 40.8 Å². The molecule has 0 saturated heterocycles. The van der Waals surface area contributed by atoms with Gasteiger partial charge in [-0.2, -0.15) is 0 Å². The fourth-order valence-corrected chi connectivity index (χ4v) is 4.72. The van der Waals surface area contributed by atoms with Gasteiger partial charge in [0.25, 0.3) is 11.8 Å². The second kappa shape index (κ2) is 12.7. The summed E-state index contributed by atoms with van der Waals surface area (Å²) in [7, 11) is 1.58. The number of methoxy groups -OCH3 is 1. The van der Waals surface area contributed by atoms with Crippen molar-refractivity contribution in [3.8, 4) is 5.75 Å². The molecule has 0 aliphatic heterocycles. The number of pyridine rings is 2. The van der Waals surface area contributed by atoms with E-state index in [1.54, 1.807) is 31.6 Å². The van der Waals surface area contributed by atoms with Crippen LogP contribution in [0.1, 0.15) is 53.8 Å². The van der Waals surface area contributed by atoms with E-state index in [4.69, 9.17) is 4.74 Å². The molecule has 0 aliphatic rings. The Morgan fingerprint density at radius 2 is 1.42 bits per heavy atom. The Labute approximate surface area is 215 Å². The second-order valence-corrected chi connectivity index (χ2v) is 9.71. The predicted octanol–water partition coefficient (Wildman–Crippen LogP) is 2.61. The van der Waals surface area contributed by atoms with E-state index in [9.17, 15) is 9.59 Å². The molecule has 186 valence electrons. The van der Waals surface area contributed by atoms with Gasteiger partial charge in [-0.15, -0.1) is 20.4 Å². The normalized spacial score (nSPS) is 10.7. The number of nitrogens with one attached hydrogen (secondary N) is 2. The molecule has 0 bridgehead atoms. The molecule has 36 heavy (non-hydrogen) atoms. The zero-order valence-electron chi connectivity index (χ0n) is 19.5. The Morgan fingerprint density at radius 3 is 2.00 bits per heavy atom. The van der Waals surface area contributed by atoms with Gasteiger partial charge in [-0.25, -0.2) is 0 Å². The van der Waals surface area contributed by atoms with E-state index < -0.39 is 0 Å². The number of hydrogen-bond donors (Lipinski definition) is 2. The highest BCUT2D eigenvalue weighted by atomic mass is 32.1. The van der Waals surface area contributed by atoms with Crippen LogP contribution < -0.4 is 15.4 Å². The van der Waals surface area contributed by atoms with Crippen molar-refractivity contribution in [1.82, 2.24) is 41.0 Å². The highest BCUT2D eigenvalue weighted by molar-refractivity contribution is 7.13. The Balaban J connectivity index is 1.16. The molecule has 11 nitrogen and oxygen atoms in total. The summed E-state index contributed by atoms with van der Waals surface area (Å²) in [6, 6.07) is 9.05. The van der Waals surface area contributed by atoms with Gasteiger partial charge in [0.2, 0.25) is 10.0 Å². The third kappa shape index (κ3) is 7.33. The lowest BCUT2D eigenvalue weighted by Gasteiger charge is -2.04. The van der Waals surface area contributed by atoms with Crippen molar-refractivity contribution in [1.29, 1.82) is 0 Å². The Kier molecular flexibility index (Phi) is 8.94. The van der Waals surface area contributed by atoms with Crippen LogP contribution >= 0.6 is 22.7 Å². The lowest BCUT2D eigenvalue weighted by molar-refractivity contribution is 0.0941. The lowest BCUT2D eigenvalue weighted by atomic mass is 10.2. The molecule has 2 amide bonds. The van der Waals surface area contributed by atoms with Gasteiger partial charge in [0.1, 0.15) is 15.8 Å². The van der Waals surface area contributed by atoms with Gasteiger partial charge in [0, 0.05) is 31.3 Å². The topological polar surface area (TPSA) is 145 Å². The van der Waals surface area contributed by atoms with Crippen LogP contribution in [-0.2, 0) is 25.9 Å². The fourth-order valence-electron chi connectivity index (χ4n) is 3.12. The fraction of sp³-hybridized carbons (Fsp3) is 0.304. The summed E-state index contributed by atoms with van der Waals surface area (Å²) >= 11 is 2.57. The van der Waals surface area contributed by atoms with Crippen LogP contribution in [0.5, 0.6) is 5.75 Å². The molecule has 4 heterocycles. The monoisotopic (exact) mass is 524 g/mol. The molecule has 0 atom stereocenters. The van der Waals surface area contributed by atoms with E-state index in [1.165, 1.54) is 22.7 Å². The average Bonchev–Trinajstić information content (AvgIpc) is 3.59. The van der Waals surface area contributed by atoms with Crippen molar-refractivity contribution in [3.63, 3.8) is 0 Å². The number of ether oxygens (including phenoxy) is 1. The zero-order chi connectivity index (χ0) is 25.2. The number of aromatic nitrogens is 6. The predicted molar refractivity (Wildman–Crippen MR) is 134 cm³/mol. The van der Waals surface area contributed by atoms with Gasteiger partial charge in [0.15, 0.2) is 0 Å². The lowest BCUT2D eigenvalue weighted by Crippen LogP contribution is -2.23. The first-order valence-electron chi connectivity index (χ1n) is 11.2. The quantitative estimate of drug-likeness (QED) is 0.267. The Hall–Kier alpha value is -3.84. The van der Waals surface area contributed by atoms with Crippen LogP contribution in [0.15, 0.2) is 42.7 Å². The molecular weight excluding hydrogens is 500 g/mol. The molecule has 0 aliphatic carbocycles. The third-order valence-corrected chi connectivity index (χ3v) is 6.93. The molecule has 4 aromatic rings. The molecule has 0 saturated carbocycles. The minimum absolute atomic E-state index is 0.258. The maximum absolute atomic E-state index is 12.4. The SMILES string of the molecule is COc1ccnc(CNC(=O)c2nnc(CCCCc3nnc(C(=O)NCc4ccccn4)s3)s2)c1. The zero-order valence-corrected chi connectivity index (χ0v) is 21.1. The molecule has 0 aromatic carbocycles. The van der Waals surface area contributed by atoms with E-state index in [2.05, 4.69) is 41.0 Å². The van der Waals surface area contributed by atoms with Crippen LogP contribution in [0.3, 0.4) is 0 Å². The minimum atomic E-state index is -0.286. The smallest absolute Gasteiger partial charge is 0.282 e. The summed E-state index contributed by atoms with van der Waals surface area (Å²) in [4.78, 5) is 33.0. The van der Waals surface area contributed by atoms with Crippen molar-refractivity contribution in [2.24, 2.45) is 0 Å². The second-order valence-electron chi connectivity index (χ2n) is 7.58. The number of hydrogen-bond acceptors (Lipinski definition) is 11. The van der Waals surface area contributed by atoms with Crippen molar-refractivity contribution in [2.75, 3.05) is 7.11 Å². The molecule has 0 radical (unpaired) electrons. The number of rotatable bonds is 12. The molecular formula is C23H24N8O3S2. The number of carbonyl (C=O) groups excluding carboxylic acids is 2. The first-order valence-corrected chi connectivity index (χ1v) is 12.8. The van der Waals surface area contributed by atoms with Gasteiger partial charge >= 0.3 is 0 Å². The minimum Gasteiger partial charge on any atom is -0.497 e. The highest BCUT2D eigenvalue weighted by Crippen LogP contribution is 2.16. The van der Waals surface area contributed by atoms with Gasteiger partial charge in [-0.3, -0.25) is 19.6 Å². The van der Waals surface area contributed by atoms with E-state index in [1.807, 2.05) is 18.2 Å². The Morgan fingerprint density at radius 1 is 0.806 bits per heavy atom. The van der Waals surface area contributed by atoms with Crippen LogP contribution in [0, 0.1) is 0 Å². The maximum atomic E-state index is 12.4. The van der Waals surface area contributed by atoms with Gasteiger partial charge in [-0.05, 0) is 31.0 Å². The molecule has 4 rings (SSSR count). The molecule has 13 heteroatoms.